The lowest BCUT2D eigenvalue weighted by atomic mass is 9.54. The Morgan fingerprint density at radius 3 is 2.75 bits per heavy atom. The molecule has 1 aliphatic heterocycles. The van der Waals surface area contributed by atoms with Crippen molar-refractivity contribution in [3.05, 3.63) is 0 Å². The van der Waals surface area contributed by atoms with Gasteiger partial charge in [0.05, 0.1) is 6.10 Å². The molecule has 1 spiro atoms. The van der Waals surface area contributed by atoms with Gasteiger partial charge in [-0.05, 0) is 31.7 Å². The molecule has 0 aromatic heterocycles. The van der Waals surface area contributed by atoms with Crippen molar-refractivity contribution in [2.24, 2.45) is 17.3 Å². The average Bonchev–Trinajstić information content (AvgIpc) is 2.82. The van der Waals surface area contributed by atoms with E-state index in [1.165, 1.54) is 38.6 Å². The Labute approximate surface area is 99.1 Å². The summed E-state index contributed by atoms with van der Waals surface area (Å²) in [5.74, 6) is 1.59. The minimum Gasteiger partial charge on any atom is -0.377 e. The quantitative estimate of drug-likeness (QED) is 0.794. The van der Waals surface area contributed by atoms with Gasteiger partial charge in [-0.15, -0.1) is 0 Å². The van der Waals surface area contributed by atoms with Gasteiger partial charge >= 0.3 is 0 Å². The Morgan fingerprint density at radius 2 is 2.06 bits per heavy atom. The third-order valence-corrected chi connectivity index (χ3v) is 5.03. The van der Waals surface area contributed by atoms with E-state index in [0.29, 0.717) is 11.5 Å². The molecule has 3 aliphatic rings. The predicted molar refractivity (Wildman–Crippen MR) is 65.4 cm³/mol. The zero-order valence-corrected chi connectivity index (χ0v) is 10.7. The molecule has 3 atom stereocenters. The topological polar surface area (TPSA) is 21.3 Å². The molecule has 2 nitrogen and oxygen atoms in total. The highest BCUT2D eigenvalue weighted by molar-refractivity contribution is 5.16. The van der Waals surface area contributed by atoms with Crippen molar-refractivity contribution in [3.63, 3.8) is 0 Å². The van der Waals surface area contributed by atoms with Gasteiger partial charge in [-0.2, -0.15) is 0 Å². The Morgan fingerprint density at radius 1 is 1.31 bits per heavy atom. The summed E-state index contributed by atoms with van der Waals surface area (Å²) in [6, 6.07) is 0.768. The van der Waals surface area contributed by atoms with Crippen molar-refractivity contribution >= 4 is 0 Å². The Kier molecular flexibility index (Phi) is 2.75. The van der Waals surface area contributed by atoms with Gasteiger partial charge in [0, 0.05) is 24.0 Å². The first-order chi connectivity index (χ1) is 7.74. The first-order valence-electron chi connectivity index (χ1n) is 7.09. The van der Waals surface area contributed by atoms with E-state index in [1.54, 1.807) is 0 Å². The number of nitrogens with one attached hydrogen (secondary N) is 1. The average molecular weight is 223 g/mol. The van der Waals surface area contributed by atoms with Crippen molar-refractivity contribution in [3.8, 4) is 0 Å². The van der Waals surface area contributed by atoms with Crippen molar-refractivity contribution in [1.29, 1.82) is 0 Å². The van der Waals surface area contributed by atoms with Gasteiger partial charge in [-0.1, -0.05) is 26.7 Å². The second-order valence-corrected chi connectivity index (χ2v) is 6.46. The van der Waals surface area contributed by atoms with Crippen LogP contribution in [0.3, 0.4) is 0 Å². The molecule has 3 rings (SSSR count). The summed E-state index contributed by atoms with van der Waals surface area (Å²) in [5, 5.41) is 3.84. The summed E-state index contributed by atoms with van der Waals surface area (Å²) in [6.45, 7) is 6.79. The van der Waals surface area contributed by atoms with E-state index < -0.39 is 0 Å². The smallest absolute Gasteiger partial charge is 0.0690 e. The maximum Gasteiger partial charge on any atom is 0.0690 e. The largest absolute Gasteiger partial charge is 0.377 e. The molecule has 0 amide bonds. The molecule has 1 saturated heterocycles. The molecule has 1 heterocycles. The highest BCUT2D eigenvalue weighted by atomic mass is 16.5. The van der Waals surface area contributed by atoms with Gasteiger partial charge in [0.1, 0.15) is 0 Å². The van der Waals surface area contributed by atoms with Gasteiger partial charge in [-0.25, -0.2) is 0 Å². The van der Waals surface area contributed by atoms with Gasteiger partial charge in [0.25, 0.3) is 0 Å². The summed E-state index contributed by atoms with van der Waals surface area (Å²) < 4.78 is 5.99. The molecule has 0 aromatic carbocycles. The molecule has 16 heavy (non-hydrogen) atoms. The van der Waals surface area contributed by atoms with Crippen LogP contribution in [-0.4, -0.2) is 25.3 Å². The van der Waals surface area contributed by atoms with Crippen LogP contribution in [-0.2, 0) is 4.74 Å². The molecule has 92 valence electrons. The van der Waals surface area contributed by atoms with Gasteiger partial charge in [0.2, 0.25) is 0 Å². The van der Waals surface area contributed by atoms with E-state index >= 15 is 0 Å². The van der Waals surface area contributed by atoms with Gasteiger partial charge in [0.15, 0.2) is 0 Å². The fourth-order valence-electron chi connectivity index (χ4n) is 4.37. The van der Waals surface area contributed by atoms with Crippen LogP contribution in [0.15, 0.2) is 0 Å². The highest BCUT2D eigenvalue weighted by Gasteiger charge is 2.64. The van der Waals surface area contributed by atoms with Crippen LogP contribution < -0.4 is 5.32 Å². The molecule has 0 aromatic rings. The maximum absolute atomic E-state index is 5.99. The molecular formula is C14H25NO. The van der Waals surface area contributed by atoms with E-state index in [1.807, 2.05) is 0 Å². The van der Waals surface area contributed by atoms with E-state index in [0.717, 1.165) is 24.5 Å². The van der Waals surface area contributed by atoms with Crippen molar-refractivity contribution in [2.45, 2.75) is 58.1 Å². The summed E-state index contributed by atoms with van der Waals surface area (Å²) in [5.41, 5.74) is 0.538. The van der Waals surface area contributed by atoms with Crippen molar-refractivity contribution in [2.75, 3.05) is 13.2 Å². The van der Waals surface area contributed by atoms with Crippen LogP contribution in [0.2, 0.25) is 0 Å². The third-order valence-electron chi connectivity index (χ3n) is 5.03. The molecule has 0 radical (unpaired) electrons. The molecule has 2 aliphatic carbocycles. The first kappa shape index (κ1) is 11.0. The minimum absolute atomic E-state index is 0.538. The monoisotopic (exact) mass is 223 g/mol. The van der Waals surface area contributed by atoms with Crippen LogP contribution in [0.25, 0.3) is 0 Å². The maximum atomic E-state index is 5.99. The Hall–Kier alpha value is -0.0800. The zero-order valence-electron chi connectivity index (χ0n) is 10.7. The van der Waals surface area contributed by atoms with Crippen LogP contribution in [0.4, 0.5) is 0 Å². The summed E-state index contributed by atoms with van der Waals surface area (Å²) in [7, 11) is 0. The summed E-state index contributed by atoms with van der Waals surface area (Å²) in [6.07, 6.45) is 7.56. The lowest BCUT2D eigenvalue weighted by Gasteiger charge is -2.57. The molecule has 2 heteroatoms. The highest BCUT2D eigenvalue weighted by Crippen LogP contribution is 2.60. The lowest BCUT2D eigenvalue weighted by molar-refractivity contribution is -0.130. The number of hydrogen-bond acceptors (Lipinski definition) is 2. The number of ether oxygens (including phenoxy) is 1. The van der Waals surface area contributed by atoms with E-state index in [4.69, 9.17) is 4.74 Å². The lowest BCUT2D eigenvalue weighted by Crippen LogP contribution is -2.67. The number of hydrogen-bond donors (Lipinski definition) is 1. The van der Waals surface area contributed by atoms with Crippen LogP contribution in [0, 0.1) is 17.3 Å². The molecule has 2 saturated carbocycles. The molecule has 0 bridgehead atoms. The van der Waals surface area contributed by atoms with Crippen LogP contribution >= 0.6 is 0 Å². The molecular weight excluding hydrogens is 198 g/mol. The summed E-state index contributed by atoms with van der Waals surface area (Å²) >= 11 is 0. The summed E-state index contributed by atoms with van der Waals surface area (Å²) in [4.78, 5) is 0. The second-order valence-electron chi connectivity index (χ2n) is 6.46. The van der Waals surface area contributed by atoms with Crippen LogP contribution in [0.1, 0.15) is 46.0 Å². The van der Waals surface area contributed by atoms with E-state index in [9.17, 15) is 0 Å². The van der Waals surface area contributed by atoms with Gasteiger partial charge < -0.3 is 10.1 Å². The van der Waals surface area contributed by atoms with E-state index in [2.05, 4.69) is 19.2 Å². The third kappa shape index (κ3) is 1.46. The van der Waals surface area contributed by atoms with Crippen molar-refractivity contribution < 1.29 is 4.74 Å². The molecule has 3 fully saturated rings. The SMILES string of the molecule is CC(C)CNC1C2CCOC2C12CCCC2. The molecule has 1 N–H and O–H groups in total. The van der Waals surface area contributed by atoms with Crippen LogP contribution in [0.5, 0.6) is 0 Å². The Bertz CT molecular complexity index is 257. The standard InChI is InChI=1S/C14H25NO/c1-10(2)9-15-12-11-5-8-16-13(11)14(12)6-3-4-7-14/h10-13,15H,3-9H2,1-2H3. The predicted octanol–water partition coefficient (Wildman–Crippen LogP) is 2.58. The fourth-order valence-corrected chi connectivity index (χ4v) is 4.37. The minimum atomic E-state index is 0.538. The Balaban J connectivity index is 1.70. The van der Waals surface area contributed by atoms with Gasteiger partial charge in [-0.3, -0.25) is 0 Å². The second kappa shape index (κ2) is 3.99. The number of rotatable bonds is 3. The number of fused-ring (bicyclic) bond motifs is 2. The molecule has 3 unspecified atom stereocenters. The zero-order chi connectivity index (χ0) is 11.2. The van der Waals surface area contributed by atoms with E-state index in [-0.39, 0.29) is 0 Å². The first-order valence-corrected chi connectivity index (χ1v) is 7.09. The van der Waals surface area contributed by atoms with Crippen molar-refractivity contribution in [1.82, 2.24) is 5.32 Å². The normalized spacial score (nSPS) is 40.3. The fraction of sp³-hybridized carbons (Fsp3) is 1.00.